The van der Waals surface area contributed by atoms with E-state index >= 15 is 0 Å². The number of piperidine rings is 1. The Kier molecular flexibility index (Phi) is 2.76. The van der Waals surface area contributed by atoms with Crippen molar-refractivity contribution in [1.82, 2.24) is 15.3 Å². The first-order valence-corrected chi connectivity index (χ1v) is 6.12. The van der Waals surface area contributed by atoms with E-state index in [9.17, 15) is 9.90 Å². The Bertz CT molecular complexity index is 578. The molecule has 5 heteroatoms. The van der Waals surface area contributed by atoms with Crippen LogP contribution in [0.4, 0.5) is 0 Å². The van der Waals surface area contributed by atoms with Gasteiger partial charge < -0.3 is 15.4 Å². The molecule has 0 radical (unpaired) electrons. The largest absolute Gasteiger partial charge is 0.481 e. The molecule has 3 N–H and O–H groups in total. The van der Waals surface area contributed by atoms with Crippen LogP contribution in [0, 0.1) is 5.92 Å². The molecule has 1 saturated heterocycles. The number of pyridine rings is 1. The summed E-state index contributed by atoms with van der Waals surface area (Å²) in [4.78, 5) is 18.7. The molecule has 0 aliphatic carbocycles. The van der Waals surface area contributed by atoms with E-state index in [1.165, 1.54) is 0 Å². The van der Waals surface area contributed by atoms with Crippen LogP contribution in [0.15, 0.2) is 24.5 Å². The van der Waals surface area contributed by atoms with E-state index in [4.69, 9.17) is 0 Å². The van der Waals surface area contributed by atoms with Gasteiger partial charge in [-0.25, -0.2) is 4.98 Å². The van der Waals surface area contributed by atoms with Crippen LogP contribution in [-0.4, -0.2) is 34.1 Å². The number of hydrogen-bond acceptors (Lipinski definition) is 3. The lowest BCUT2D eigenvalue weighted by atomic mass is 9.81. The van der Waals surface area contributed by atoms with Gasteiger partial charge in [-0.3, -0.25) is 4.79 Å². The van der Waals surface area contributed by atoms with Gasteiger partial charge in [0, 0.05) is 30.2 Å². The van der Waals surface area contributed by atoms with Crippen LogP contribution >= 0.6 is 0 Å². The number of rotatable bonds is 2. The van der Waals surface area contributed by atoms with E-state index in [2.05, 4.69) is 15.3 Å². The van der Waals surface area contributed by atoms with Crippen LogP contribution in [0.3, 0.4) is 0 Å². The molecule has 2 aromatic rings. The Morgan fingerprint density at radius 2 is 2.39 bits per heavy atom. The quantitative estimate of drug-likeness (QED) is 0.746. The summed E-state index contributed by atoms with van der Waals surface area (Å²) >= 11 is 0. The number of aliphatic carboxylic acids is 1. The minimum absolute atomic E-state index is 0.0514. The second-order valence-electron chi connectivity index (χ2n) is 4.73. The van der Waals surface area contributed by atoms with E-state index in [1.54, 1.807) is 6.20 Å². The van der Waals surface area contributed by atoms with Crippen molar-refractivity contribution < 1.29 is 9.90 Å². The molecule has 0 amide bonds. The van der Waals surface area contributed by atoms with Gasteiger partial charge in [0.1, 0.15) is 5.65 Å². The van der Waals surface area contributed by atoms with Crippen LogP contribution in [0.5, 0.6) is 0 Å². The fraction of sp³-hybridized carbons (Fsp3) is 0.385. The molecule has 0 saturated carbocycles. The summed E-state index contributed by atoms with van der Waals surface area (Å²) < 4.78 is 0. The van der Waals surface area contributed by atoms with E-state index < -0.39 is 5.97 Å². The monoisotopic (exact) mass is 245 g/mol. The number of carboxylic acid groups (broad SMARTS) is 1. The fourth-order valence-corrected chi connectivity index (χ4v) is 2.68. The van der Waals surface area contributed by atoms with Crippen LogP contribution in [0.25, 0.3) is 11.0 Å². The summed E-state index contributed by atoms with van der Waals surface area (Å²) in [5, 5.41) is 13.5. The van der Waals surface area contributed by atoms with Crippen LogP contribution in [-0.2, 0) is 4.79 Å². The number of carboxylic acids is 1. The minimum Gasteiger partial charge on any atom is -0.481 e. The van der Waals surface area contributed by atoms with Gasteiger partial charge in [-0.1, -0.05) is 0 Å². The highest BCUT2D eigenvalue weighted by Gasteiger charge is 2.32. The van der Waals surface area contributed by atoms with Gasteiger partial charge in [0.2, 0.25) is 0 Å². The Hall–Kier alpha value is -1.88. The molecule has 0 aromatic carbocycles. The SMILES string of the molecule is O=C(O)C1CNCCC1c1cnc2[nH]ccc2c1. The summed E-state index contributed by atoms with van der Waals surface area (Å²) in [6.45, 7) is 1.39. The Morgan fingerprint density at radius 3 is 3.22 bits per heavy atom. The van der Waals surface area contributed by atoms with Crippen LogP contribution in [0.1, 0.15) is 17.9 Å². The molecule has 1 aliphatic heterocycles. The average molecular weight is 245 g/mol. The predicted octanol–water partition coefficient (Wildman–Crippen LogP) is 1.34. The zero-order chi connectivity index (χ0) is 12.5. The van der Waals surface area contributed by atoms with Crippen molar-refractivity contribution >= 4 is 17.0 Å². The maximum atomic E-state index is 11.3. The summed E-state index contributed by atoms with van der Waals surface area (Å²) in [6.07, 6.45) is 4.48. The highest BCUT2D eigenvalue weighted by atomic mass is 16.4. The topological polar surface area (TPSA) is 78.0 Å². The van der Waals surface area contributed by atoms with Crippen molar-refractivity contribution in [1.29, 1.82) is 0 Å². The molecule has 18 heavy (non-hydrogen) atoms. The molecular weight excluding hydrogens is 230 g/mol. The number of aromatic amines is 1. The number of aromatic nitrogens is 2. The second-order valence-corrected chi connectivity index (χ2v) is 4.73. The molecule has 3 rings (SSSR count). The molecule has 1 fully saturated rings. The van der Waals surface area contributed by atoms with Crippen LogP contribution < -0.4 is 5.32 Å². The molecule has 2 aromatic heterocycles. The normalized spacial score (nSPS) is 24.2. The third-order valence-electron chi connectivity index (χ3n) is 3.65. The van der Waals surface area contributed by atoms with Crippen molar-refractivity contribution in [2.24, 2.45) is 5.92 Å². The lowest BCUT2D eigenvalue weighted by molar-refractivity contribution is -0.142. The van der Waals surface area contributed by atoms with Gasteiger partial charge in [0.25, 0.3) is 0 Å². The highest BCUT2D eigenvalue weighted by Crippen LogP contribution is 2.31. The number of fused-ring (bicyclic) bond motifs is 1. The molecule has 1 aliphatic rings. The maximum absolute atomic E-state index is 11.3. The Balaban J connectivity index is 1.97. The van der Waals surface area contributed by atoms with Gasteiger partial charge >= 0.3 is 5.97 Å². The lowest BCUT2D eigenvalue weighted by Crippen LogP contribution is -2.39. The van der Waals surface area contributed by atoms with E-state index in [-0.39, 0.29) is 11.8 Å². The van der Waals surface area contributed by atoms with Gasteiger partial charge in [-0.15, -0.1) is 0 Å². The molecule has 0 bridgehead atoms. The fourth-order valence-electron chi connectivity index (χ4n) is 2.68. The smallest absolute Gasteiger partial charge is 0.308 e. The first-order valence-electron chi connectivity index (χ1n) is 6.12. The highest BCUT2D eigenvalue weighted by molar-refractivity contribution is 5.77. The summed E-state index contributed by atoms with van der Waals surface area (Å²) in [5.74, 6) is -1.05. The Labute approximate surface area is 104 Å². The maximum Gasteiger partial charge on any atom is 0.308 e. The third kappa shape index (κ3) is 1.86. The second kappa shape index (κ2) is 4.42. The lowest BCUT2D eigenvalue weighted by Gasteiger charge is -2.29. The number of nitrogens with one attached hydrogen (secondary N) is 2. The first-order chi connectivity index (χ1) is 8.75. The van der Waals surface area contributed by atoms with E-state index in [0.29, 0.717) is 6.54 Å². The van der Waals surface area contributed by atoms with Crippen molar-refractivity contribution in [3.63, 3.8) is 0 Å². The van der Waals surface area contributed by atoms with Gasteiger partial charge in [-0.2, -0.15) is 0 Å². The third-order valence-corrected chi connectivity index (χ3v) is 3.65. The average Bonchev–Trinajstić information content (AvgIpc) is 2.85. The van der Waals surface area contributed by atoms with Crippen molar-refractivity contribution in [2.45, 2.75) is 12.3 Å². The Morgan fingerprint density at radius 1 is 1.50 bits per heavy atom. The van der Waals surface area contributed by atoms with Crippen LogP contribution in [0.2, 0.25) is 0 Å². The molecular formula is C13H15N3O2. The predicted molar refractivity (Wildman–Crippen MR) is 67.4 cm³/mol. The van der Waals surface area contributed by atoms with Crippen molar-refractivity contribution in [3.05, 3.63) is 30.1 Å². The van der Waals surface area contributed by atoms with Crippen molar-refractivity contribution in [2.75, 3.05) is 13.1 Å². The van der Waals surface area contributed by atoms with Gasteiger partial charge in [0.15, 0.2) is 0 Å². The summed E-state index contributed by atoms with van der Waals surface area (Å²) in [5.41, 5.74) is 1.87. The van der Waals surface area contributed by atoms with E-state index in [1.807, 2.05) is 18.3 Å². The number of H-pyrrole nitrogens is 1. The van der Waals surface area contributed by atoms with E-state index in [0.717, 1.165) is 29.6 Å². The molecule has 5 nitrogen and oxygen atoms in total. The van der Waals surface area contributed by atoms with Gasteiger partial charge in [-0.05, 0) is 30.7 Å². The summed E-state index contributed by atoms with van der Waals surface area (Å²) in [6, 6.07) is 4.01. The molecule has 2 unspecified atom stereocenters. The minimum atomic E-state index is -0.735. The number of nitrogens with zero attached hydrogens (tertiary/aromatic N) is 1. The summed E-state index contributed by atoms with van der Waals surface area (Å²) in [7, 11) is 0. The standard InChI is InChI=1S/C13H15N3O2/c17-13(18)11-7-14-3-2-10(11)9-5-8-1-4-15-12(8)16-6-9/h1,4-6,10-11,14H,2-3,7H2,(H,15,16)(H,17,18). The molecule has 3 heterocycles. The molecule has 2 atom stereocenters. The first kappa shape index (κ1) is 11.2. The number of carbonyl (C=O) groups is 1. The molecule has 0 spiro atoms. The zero-order valence-electron chi connectivity index (χ0n) is 9.89. The van der Waals surface area contributed by atoms with Crippen molar-refractivity contribution in [3.8, 4) is 0 Å². The number of hydrogen-bond donors (Lipinski definition) is 3. The molecule has 94 valence electrons. The zero-order valence-corrected chi connectivity index (χ0v) is 9.89. The van der Waals surface area contributed by atoms with Gasteiger partial charge in [0.05, 0.1) is 5.92 Å².